The van der Waals surface area contributed by atoms with E-state index in [1.807, 2.05) is 6.07 Å². The first kappa shape index (κ1) is 11.2. The first-order valence-electron chi connectivity index (χ1n) is 5.28. The van der Waals surface area contributed by atoms with Crippen LogP contribution in [-0.4, -0.2) is 0 Å². The molecule has 0 nitrogen and oxygen atoms in total. The van der Waals surface area contributed by atoms with Gasteiger partial charge in [0.15, 0.2) is 0 Å². The summed E-state index contributed by atoms with van der Waals surface area (Å²) in [5.41, 5.74) is 1.38. The van der Waals surface area contributed by atoms with E-state index in [1.165, 1.54) is 18.9 Å². The van der Waals surface area contributed by atoms with Gasteiger partial charge in [-0.3, -0.25) is 0 Å². The molecule has 0 unspecified atom stereocenters. The van der Waals surface area contributed by atoms with Crippen molar-refractivity contribution in [1.29, 1.82) is 0 Å². The second-order valence-corrected chi connectivity index (χ2v) is 4.72. The van der Waals surface area contributed by atoms with Crippen molar-refractivity contribution in [2.45, 2.75) is 40.0 Å². The zero-order chi connectivity index (χ0) is 10.6. The summed E-state index contributed by atoms with van der Waals surface area (Å²) < 4.78 is 12.9. The molecule has 0 aliphatic rings. The molecule has 1 heteroatoms. The van der Waals surface area contributed by atoms with Crippen LogP contribution < -0.4 is 0 Å². The number of hydrogen-bond acceptors (Lipinski definition) is 0. The third-order valence-corrected chi connectivity index (χ3v) is 2.50. The Hall–Kier alpha value is -0.850. The normalized spacial score (nSPS) is 11.7. The Labute approximate surface area is 86.2 Å². The quantitative estimate of drug-likeness (QED) is 0.674. The molecule has 0 heterocycles. The predicted octanol–water partition coefficient (Wildman–Crippen LogP) is 4.19. The molecule has 0 saturated heterocycles. The van der Waals surface area contributed by atoms with Gasteiger partial charge >= 0.3 is 0 Å². The summed E-state index contributed by atoms with van der Waals surface area (Å²) in [5.74, 6) is -0.130. The first-order chi connectivity index (χ1) is 6.53. The fraction of sp³-hybridized carbons (Fsp3) is 0.538. The molecule has 78 valence electrons. The second kappa shape index (κ2) is 4.59. The summed E-state index contributed by atoms with van der Waals surface area (Å²) in [5, 5.41) is 0. The van der Waals surface area contributed by atoms with Crippen molar-refractivity contribution in [2.24, 2.45) is 5.41 Å². The van der Waals surface area contributed by atoms with Crippen LogP contribution in [0.5, 0.6) is 0 Å². The minimum absolute atomic E-state index is 0.130. The van der Waals surface area contributed by atoms with Crippen molar-refractivity contribution in [3.05, 3.63) is 35.6 Å². The lowest BCUT2D eigenvalue weighted by Crippen LogP contribution is -2.14. The van der Waals surface area contributed by atoms with Gasteiger partial charge < -0.3 is 0 Å². The molecular formula is C13H19F. The molecule has 0 radical (unpaired) electrons. The van der Waals surface area contributed by atoms with E-state index in [0.717, 1.165) is 12.0 Å². The van der Waals surface area contributed by atoms with E-state index < -0.39 is 0 Å². The van der Waals surface area contributed by atoms with Crippen LogP contribution in [0.3, 0.4) is 0 Å². The SMILES string of the molecule is CCCC(C)(C)Cc1cccc(F)c1. The van der Waals surface area contributed by atoms with E-state index >= 15 is 0 Å². The predicted molar refractivity (Wildman–Crippen MR) is 58.8 cm³/mol. The van der Waals surface area contributed by atoms with Crippen molar-refractivity contribution in [1.82, 2.24) is 0 Å². The van der Waals surface area contributed by atoms with Crippen molar-refractivity contribution < 1.29 is 4.39 Å². The fourth-order valence-corrected chi connectivity index (χ4v) is 1.96. The van der Waals surface area contributed by atoms with Gasteiger partial charge in [0.2, 0.25) is 0 Å². The Morgan fingerprint density at radius 1 is 1.29 bits per heavy atom. The summed E-state index contributed by atoms with van der Waals surface area (Å²) in [4.78, 5) is 0. The molecule has 0 aliphatic carbocycles. The molecule has 0 fully saturated rings. The molecule has 14 heavy (non-hydrogen) atoms. The standard InChI is InChI=1S/C13H19F/c1-4-8-13(2,3)10-11-6-5-7-12(14)9-11/h5-7,9H,4,8,10H2,1-3H3. The molecule has 1 aromatic rings. The maximum Gasteiger partial charge on any atom is 0.123 e. The van der Waals surface area contributed by atoms with Gasteiger partial charge in [0, 0.05) is 0 Å². The maximum atomic E-state index is 12.9. The van der Waals surface area contributed by atoms with E-state index in [9.17, 15) is 4.39 Å². The fourth-order valence-electron chi connectivity index (χ4n) is 1.96. The Morgan fingerprint density at radius 2 is 2.00 bits per heavy atom. The van der Waals surface area contributed by atoms with Crippen LogP contribution in [-0.2, 0) is 6.42 Å². The van der Waals surface area contributed by atoms with E-state index in [4.69, 9.17) is 0 Å². The van der Waals surface area contributed by atoms with Gasteiger partial charge in [-0.1, -0.05) is 39.3 Å². The summed E-state index contributed by atoms with van der Waals surface area (Å²) in [6, 6.07) is 6.92. The number of halogens is 1. The highest BCUT2D eigenvalue weighted by Crippen LogP contribution is 2.27. The largest absolute Gasteiger partial charge is 0.207 e. The third kappa shape index (κ3) is 3.49. The molecule has 1 rings (SSSR count). The van der Waals surface area contributed by atoms with Crippen LogP contribution in [0.4, 0.5) is 4.39 Å². The van der Waals surface area contributed by atoms with Crippen LogP contribution in [0.1, 0.15) is 39.2 Å². The van der Waals surface area contributed by atoms with Crippen LogP contribution in [0.25, 0.3) is 0 Å². The maximum absolute atomic E-state index is 12.9. The smallest absolute Gasteiger partial charge is 0.123 e. The van der Waals surface area contributed by atoms with Gasteiger partial charge in [-0.05, 0) is 36.0 Å². The molecule has 0 amide bonds. The molecule has 0 spiro atoms. The van der Waals surface area contributed by atoms with Crippen LogP contribution in [0.15, 0.2) is 24.3 Å². The van der Waals surface area contributed by atoms with E-state index in [-0.39, 0.29) is 11.2 Å². The summed E-state index contributed by atoms with van der Waals surface area (Å²) in [7, 11) is 0. The number of hydrogen-bond donors (Lipinski definition) is 0. The lowest BCUT2D eigenvalue weighted by Gasteiger charge is -2.23. The number of rotatable bonds is 4. The molecule has 0 aliphatic heterocycles. The van der Waals surface area contributed by atoms with Crippen molar-refractivity contribution in [3.8, 4) is 0 Å². The molecule has 0 aromatic heterocycles. The highest BCUT2D eigenvalue weighted by Gasteiger charge is 2.17. The van der Waals surface area contributed by atoms with Gasteiger partial charge in [0.25, 0.3) is 0 Å². The summed E-state index contributed by atoms with van der Waals surface area (Å²) in [6.07, 6.45) is 3.32. The third-order valence-electron chi connectivity index (χ3n) is 2.50. The van der Waals surface area contributed by atoms with Crippen LogP contribution in [0.2, 0.25) is 0 Å². The van der Waals surface area contributed by atoms with Crippen molar-refractivity contribution >= 4 is 0 Å². The van der Waals surface area contributed by atoms with E-state index in [0.29, 0.717) is 0 Å². The molecular weight excluding hydrogens is 175 g/mol. The monoisotopic (exact) mass is 194 g/mol. The van der Waals surface area contributed by atoms with E-state index in [1.54, 1.807) is 12.1 Å². The molecule has 0 atom stereocenters. The Bertz CT molecular complexity index is 289. The minimum Gasteiger partial charge on any atom is -0.207 e. The Morgan fingerprint density at radius 3 is 2.57 bits per heavy atom. The highest BCUT2D eigenvalue weighted by atomic mass is 19.1. The zero-order valence-corrected chi connectivity index (χ0v) is 9.31. The minimum atomic E-state index is -0.130. The topological polar surface area (TPSA) is 0 Å². The Kier molecular flexibility index (Phi) is 3.68. The van der Waals surface area contributed by atoms with Gasteiger partial charge in [-0.25, -0.2) is 4.39 Å². The first-order valence-corrected chi connectivity index (χ1v) is 5.28. The average Bonchev–Trinajstić information content (AvgIpc) is 2.02. The Balaban J connectivity index is 2.68. The van der Waals surface area contributed by atoms with Crippen LogP contribution in [0, 0.1) is 11.2 Å². The molecule has 0 N–H and O–H groups in total. The van der Waals surface area contributed by atoms with Crippen molar-refractivity contribution in [2.75, 3.05) is 0 Å². The van der Waals surface area contributed by atoms with Gasteiger partial charge in [0.05, 0.1) is 0 Å². The van der Waals surface area contributed by atoms with Crippen molar-refractivity contribution in [3.63, 3.8) is 0 Å². The average molecular weight is 194 g/mol. The van der Waals surface area contributed by atoms with Gasteiger partial charge in [0.1, 0.15) is 5.82 Å². The second-order valence-electron chi connectivity index (χ2n) is 4.72. The van der Waals surface area contributed by atoms with Gasteiger partial charge in [-0.15, -0.1) is 0 Å². The molecule has 0 bridgehead atoms. The molecule has 0 saturated carbocycles. The number of benzene rings is 1. The van der Waals surface area contributed by atoms with Crippen LogP contribution >= 0.6 is 0 Å². The van der Waals surface area contributed by atoms with Gasteiger partial charge in [-0.2, -0.15) is 0 Å². The summed E-state index contributed by atoms with van der Waals surface area (Å²) in [6.45, 7) is 6.66. The zero-order valence-electron chi connectivity index (χ0n) is 9.31. The lowest BCUT2D eigenvalue weighted by molar-refractivity contribution is 0.328. The lowest BCUT2D eigenvalue weighted by atomic mass is 9.82. The van der Waals surface area contributed by atoms with E-state index in [2.05, 4.69) is 20.8 Å². The highest BCUT2D eigenvalue weighted by molar-refractivity contribution is 5.17. The summed E-state index contributed by atoms with van der Waals surface area (Å²) >= 11 is 0. The molecule has 1 aromatic carbocycles.